The van der Waals surface area contributed by atoms with Crippen LogP contribution in [0.15, 0.2) is 35.3 Å². The van der Waals surface area contributed by atoms with E-state index in [2.05, 4.69) is 9.72 Å². The Balaban J connectivity index is 2.07. The van der Waals surface area contributed by atoms with Crippen LogP contribution in [0, 0.1) is 0 Å². The van der Waals surface area contributed by atoms with Crippen molar-refractivity contribution in [2.24, 2.45) is 0 Å². The summed E-state index contributed by atoms with van der Waals surface area (Å²) in [6.07, 6.45) is -4.00. The molecule has 3 rings (SSSR count). The summed E-state index contributed by atoms with van der Waals surface area (Å²) in [5.74, 6) is -0.459. The smallest absolute Gasteiger partial charge is 0.417 e. The van der Waals surface area contributed by atoms with Gasteiger partial charge in [0.2, 0.25) is 0 Å². The molecule has 0 aliphatic carbocycles. The van der Waals surface area contributed by atoms with Crippen molar-refractivity contribution >= 4 is 39.1 Å². The number of aromatic nitrogens is 2. The largest absolute Gasteiger partial charge is 0.482 e. The molecule has 0 spiro atoms. The quantitative estimate of drug-likeness (QED) is 0.605. The van der Waals surface area contributed by atoms with Gasteiger partial charge >= 0.3 is 17.0 Å². The summed E-state index contributed by atoms with van der Waals surface area (Å²) in [5, 5.41) is -0.326. The predicted octanol–water partition coefficient (Wildman–Crippen LogP) is 3.67. The Hall–Kier alpha value is -2.59. The molecule has 142 valence electrons. The van der Waals surface area contributed by atoms with E-state index in [9.17, 15) is 22.8 Å². The Morgan fingerprint density at radius 2 is 2.07 bits per heavy atom. The standard InChI is InChI=1S/C16H10ClF3N2O4S/c1-25-13(23)7-26-9-2-3-12-11(5-9)22(15(24)27-12)14-10(17)4-8(6-21-14)16(18,19)20/h2-6H,7H2,1H3. The fourth-order valence-electron chi connectivity index (χ4n) is 2.24. The molecule has 0 unspecified atom stereocenters. The van der Waals surface area contributed by atoms with Crippen LogP contribution in [0.4, 0.5) is 13.2 Å². The number of carbonyl (C=O) groups is 1. The molecule has 0 fully saturated rings. The summed E-state index contributed by atoms with van der Waals surface area (Å²) in [6.45, 7) is -0.338. The molecule has 3 aromatic rings. The average Bonchev–Trinajstić information content (AvgIpc) is 2.93. The number of esters is 1. The van der Waals surface area contributed by atoms with Gasteiger partial charge in [-0.1, -0.05) is 22.9 Å². The maximum atomic E-state index is 12.8. The molecule has 0 bridgehead atoms. The number of carbonyl (C=O) groups excluding carboxylic acids is 1. The van der Waals surface area contributed by atoms with Crippen molar-refractivity contribution in [2.75, 3.05) is 13.7 Å². The molecule has 0 amide bonds. The summed E-state index contributed by atoms with van der Waals surface area (Å²) in [5.41, 5.74) is -0.688. The Bertz CT molecular complexity index is 1080. The van der Waals surface area contributed by atoms with Gasteiger partial charge in [0, 0.05) is 12.3 Å². The van der Waals surface area contributed by atoms with Crippen LogP contribution in [0.5, 0.6) is 5.75 Å². The minimum atomic E-state index is -4.61. The van der Waals surface area contributed by atoms with Crippen LogP contribution in [0.3, 0.4) is 0 Å². The van der Waals surface area contributed by atoms with E-state index in [-0.39, 0.29) is 23.2 Å². The molecule has 2 heterocycles. The summed E-state index contributed by atoms with van der Waals surface area (Å²) >= 11 is 6.82. The van der Waals surface area contributed by atoms with Crippen molar-refractivity contribution in [3.05, 3.63) is 50.7 Å². The second-order valence-corrected chi connectivity index (χ2v) is 6.63. The number of rotatable bonds is 4. The third kappa shape index (κ3) is 3.91. The van der Waals surface area contributed by atoms with E-state index >= 15 is 0 Å². The maximum Gasteiger partial charge on any atom is 0.417 e. The number of hydrogen-bond donors (Lipinski definition) is 0. The number of nitrogens with zero attached hydrogens (tertiary/aromatic N) is 2. The van der Waals surface area contributed by atoms with E-state index in [1.807, 2.05) is 0 Å². The Morgan fingerprint density at radius 3 is 2.70 bits per heavy atom. The van der Waals surface area contributed by atoms with Crippen molar-refractivity contribution < 1.29 is 27.4 Å². The molecule has 0 radical (unpaired) electrons. The first kappa shape index (κ1) is 19.2. The van der Waals surface area contributed by atoms with E-state index in [1.54, 1.807) is 12.1 Å². The number of hydrogen-bond acceptors (Lipinski definition) is 6. The number of methoxy groups -OCH3 is 1. The molecule has 0 saturated carbocycles. The predicted molar refractivity (Wildman–Crippen MR) is 92.7 cm³/mol. The fraction of sp³-hybridized carbons (Fsp3) is 0.188. The van der Waals surface area contributed by atoms with Crippen molar-refractivity contribution in [1.82, 2.24) is 9.55 Å². The van der Waals surface area contributed by atoms with Crippen LogP contribution in [0.25, 0.3) is 16.0 Å². The van der Waals surface area contributed by atoms with Crippen LogP contribution in [0.2, 0.25) is 5.02 Å². The van der Waals surface area contributed by atoms with Crippen LogP contribution >= 0.6 is 22.9 Å². The summed E-state index contributed by atoms with van der Waals surface area (Å²) in [6, 6.07) is 5.30. The lowest BCUT2D eigenvalue weighted by molar-refractivity contribution is -0.143. The molecule has 0 saturated heterocycles. The lowest BCUT2D eigenvalue weighted by atomic mass is 10.2. The normalized spacial score (nSPS) is 11.6. The SMILES string of the molecule is COC(=O)COc1ccc2sc(=O)n(-c3ncc(C(F)(F)F)cc3Cl)c2c1. The first-order chi connectivity index (χ1) is 12.7. The van der Waals surface area contributed by atoms with Gasteiger partial charge in [-0.3, -0.25) is 4.79 Å². The monoisotopic (exact) mass is 418 g/mol. The zero-order valence-corrected chi connectivity index (χ0v) is 15.1. The van der Waals surface area contributed by atoms with Gasteiger partial charge in [0.15, 0.2) is 12.4 Å². The second-order valence-electron chi connectivity index (χ2n) is 5.22. The average molecular weight is 419 g/mol. The minimum Gasteiger partial charge on any atom is -0.482 e. The van der Waals surface area contributed by atoms with Gasteiger partial charge in [-0.05, 0) is 18.2 Å². The van der Waals surface area contributed by atoms with E-state index in [0.29, 0.717) is 22.5 Å². The topological polar surface area (TPSA) is 70.4 Å². The van der Waals surface area contributed by atoms with Crippen LogP contribution in [-0.2, 0) is 15.7 Å². The number of benzene rings is 1. The molecule has 0 atom stereocenters. The first-order valence-corrected chi connectivity index (χ1v) is 8.48. The maximum absolute atomic E-state index is 12.8. The lowest BCUT2D eigenvalue weighted by Crippen LogP contribution is -2.14. The fourth-order valence-corrected chi connectivity index (χ4v) is 3.34. The molecular weight excluding hydrogens is 409 g/mol. The molecule has 1 aromatic carbocycles. The van der Waals surface area contributed by atoms with Crippen LogP contribution in [-0.4, -0.2) is 29.2 Å². The molecule has 2 aromatic heterocycles. The summed E-state index contributed by atoms with van der Waals surface area (Å²) < 4.78 is 49.7. The molecule has 0 aliphatic rings. The van der Waals surface area contributed by atoms with Gasteiger partial charge in [-0.15, -0.1) is 0 Å². The van der Waals surface area contributed by atoms with Gasteiger partial charge in [-0.25, -0.2) is 14.3 Å². The minimum absolute atomic E-state index is 0.133. The highest BCUT2D eigenvalue weighted by molar-refractivity contribution is 7.16. The Labute approximate surface area is 158 Å². The number of pyridine rings is 1. The van der Waals surface area contributed by atoms with E-state index in [0.717, 1.165) is 15.9 Å². The van der Waals surface area contributed by atoms with Crippen molar-refractivity contribution in [3.63, 3.8) is 0 Å². The highest BCUT2D eigenvalue weighted by Crippen LogP contribution is 2.33. The Kier molecular flexibility index (Phi) is 5.11. The van der Waals surface area contributed by atoms with Crippen molar-refractivity contribution in [1.29, 1.82) is 0 Å². The van der Waals surface area contributed by atoms with Gasteiger partial charge < -0.3 is 9.47 Å². The van der Waals surface area contributed by atoms with Crippen LogP contribution in [0.1, 0.15) is 5.56 Å². The van der Waals surface area contributed by atoms with Gasteiger partial charge in [-0.2, -0.15) is 13.2 Å². The number of alkyl halides is 3. The molecule has 6 nitrogen and oxygen atoms in total. The zero-order chi connectivity index (χ0) is 19.8. The van der Waals surface area contributed by atoms with Crippen molar-refractivity contribution in [3.8, 4) is 11.6 Å². The summed E-state index contributed by atoms with van der Waals surface area (Å²) in [7, 11) is 1.21. The number of thiazole rings is 1. The van der Waals surface area contributed by atoms with E-state index in [1.165, 1.54) is 13.2 Å². The Morgan fingerprint density at radius 1 is 1.33 bits per heavy atom. The molecule has 0 aliphatic heterocycles. The highest BCUT2D eigenvalue weighted by atomic mass is 35.5. The van der Waals surface area contributed by atoms with Gasteiger partial charge in [0.05, 0.1) is 27.9 Å². The summed E-state index contributed by atoms with van der Waals surface area (Å²) in [4.78, 5) is 26.8. The zero-order valence-electron chi connectivity index (χ0n) is 13.5. The third-order valence-corrected chi connectivity index (χ3v) is 4.70. The highest BCUT2D eigenvalue weighted by Gasteiger charge is 2.32. The van der Waals surface area contributed by atoms with Crippen LogP contribution < -0.4 is 9.61 Å². The number of fused-ring (bicyclic) bond motifs is 1. The van der Waals surface area contributed by atoms with Gasteiger partial charge in [0.1, 0.15) is 5.75 Å². The lowest BCUT2D eigenvalue weighted by Gasteiger charge is -2.10. The van der Waals surface area contributed by atoms with E-state index < -0.39 is 22.6 Å². The first-order valence-electron chi connectivity index (χ1n) is 7.29. The molecule has 0 N–H and O–H groups in total. The number of ether oxygens (including phenoxy) is 2. The second kappa shape index (κ2) is 7.20. The molecule has 27 heavy (non-hydrogen) atoms. The van der Waals surface area contributed by atoms with Gasteiger partial charge in [0.25, 0.3) is 0 Å². The number of halogens is 4. The molecule has 11 heteroatoms. The molecular formula is C16H10ClF3N2O4S. The van der Waals surface area contributed by atoms with E-state index in [4.69, 9.17) is 16.3 Å². The van der Waals surface area contributed by atoms with Crippen molar-refractivity contribution in [2.45, 2.75) is 6.18 Å². The third-order valence-electron chi connectivity index (χ3n) is 3.50.